The van der Waals surface area contributed by atoms with Gasteiger partial charge in [-0.15, -0.1) is 11.8 Å². The second kappa shape index (κ2) is 5.50. The lowest BCUT2D eigenvalue weighted by atomic mass is 10.3. The number of hydrogen-bond donors (Lipinski definition) is 1. The molecule has 0 unspecified atom stereocenters. The molecule has 0 aliphatic rings. The molecule has 0 saturated carbocycles. The summed E-state index contributed by atoms with van der Waals surface area (Å²) in [5.41, 5.74) is 0.648. The second-order valence-corrected chi connectivity index (χ2v) is 4.36. The number of amides is 1. The van der Waals surface area contributed by atoms with Crippen LogP contribution in [0.3, 0.4) is 0 Å². The molecule has 0 radical (unpaired) electrons. The van der Waals surface area contributed by atoms with Crippen molar-refractivity contribution in [2.24, 2.45) is 0 Å². The van der Waals surface area contributed by atoms with Gasteiger partial charge in [0.15, 0.2) is 0 Å². The maximum absolute atomic E-state index is 10.8. The molecule has 0 aliphatic heterocycles. The zero-order valence-electron chi connectivity index (χ0n) is 9.02. The first-order valence-corrected chi connectivity index (χ1v) is 5.72. The van der Waals surface area contributed by atoms with Crippen LogP contribution < -0.4 is 5.32 Å². The van der Waals surface area contributed by atoms with Crippen LogP contribution in [-0.2, 0) is 4.79 Å². The average Bonchev–Trinajstić information content (AvgIpc) is 2.17. The van der Waals surface area contributed by atoms with E-state index >= 15 is 0 Å². The third-order valence-electron chi connectivity index (χ3n) is 1.78. The highest BCUT2D eigenvalue weighted by Gasteiger charge is 2.14. The van der Waals surface area contributed by atoms with Gasteiger partial charge in [0, 0.05) is 18.7 Å². The van der Waals surface area contributed by atoms with Gasteiger partial charge in [-0.1, -0.05) is 6.92 Å². The lowest BCUT2D eigenvalue weighted by molar-refractivity contribution is -0.387. The summed E-state index contributed by atoms with van der Waals surface area (Å²) in [6.07, 6.45) is 0. The zero-order valence-corrected chi connectivity index (χ0v) is 9.84. The van der Waals surface area contributed by atoms with Crippen LogP contribution in [0.5, 0.6) is 0 Å². The summed E-state index contributed by atoms with van der Waals surface area (Å²) in [5.74, 6) is 0.547. The first kappa shape index (κ1) is 12.5. The SMILES string of the molecule is CCSc1cc(NC(C)=O)ccc1[N+](=O)[O-]. The van der Waals surface area contributed by atoms with E-state index in [1.54, 1.807) is 6.07 Å². The lowest BCUT2D eigenvalue weighted by Crippen LogP contribution is -2.06. The van der Waals surface area contributed by atoms with Crippen molar-refractivity contribution in [3.05, 3.63) is 28.3 Å². The van der Waals surface area contributed by atoms with Crippen molar-refractivity contribution in [2.45, 2.75) is 18.7 Å². The second-order valence-electron chi connectivity index (χ2n) is 3.05. The van der Waals surface area contributed by atoms with Crippen LogP contribution in [0.15, 0.2) is 23.1 Å². The fraction of sp³-hybridized carbons (Fsp3) is 0.300. The Morgan fingerprint density at radius 2 is 2.25 bits per heavy atom. The number of thioether (sulfide) groups is 1. The number of benzene rings is 1. The highest BCUT2D eigenvalue weighted by Crippen LogP contribution is 2.31. The fourth-order valence-corrected chi connectivity index (χ4v) is 2.03. The summed E-state index contributed by atoms with van der Waals surface area (Å²) in [6.45, 7) is 3.31. The molecule has 0 fully saturated rings. The Morgan fingerprint density at radius 3 is 2.75 bits per heavy atom. The standard InChI is InChI=1S/C10H12N2O3S/c1-3-16-10-6-8(11-7(2)13)4-5-9(10)12(14)15/h4-6H,3H2,1-2H3,(H,11,13). The van der Waals surface area contributed by atoms with E-state index in [1.165, 1.54) is 30.8 Å². The topological polar surface area (TPSA) is 72.2 Å². The van der Waals surface area contributed by atoms with Crippen LogP contribution in [0, 0.1) is 10.1 Å². The number of anilines is 1. The van der Waals surface area contributed by atoms with Crippen LogP contribution in [-0.4, -0.2) is 16.6 Å². The molecule has 0 heterocycles. The number of nitrogens with one attached hydrogen (secondary N) is 1. The highest BCUT2D eigenvalue weighted by atomic mass is 32.2. The van der Waals surface area contributed by atoms with E-state index < -0.39 is 4.92 Å². The Morgan fingerprint density at radius 1 is 1.56 bits per heavy atom. The van der Waals surface area contributed by atoms with Crippen LogP contribution in [0.2, 0.25) is 0 Å². The van der Waals surface area contributed by atoms with Gasteiger partial charge in [0.25, 0.3) is 5.69 Å². The molecule has 0 aliphatic carbocycles. The van der Waals surface area contributed by atoms with Crippen molar-refractivity contribution in [3.8, 4) is 0 Å². The molecule has 1 rings (SSSR count). The minimum absolute atomic E-state index is 0.0703. The van der Waals surface area contributed by atoms with Gasteiger partial charge in [0.05, 0.1) is 9.82 Å². The van der Waals surface area contributed by atoms with E-state index in [1.807, 2.05) is 6.92 Å². The molecule has 1 N–H and O–H groups in total. The molecule has 0 saturated heterocycles. The van der Waals surface area contributed by atoms with Crippen molar-refractivity contribution >= 4 is 29.0 Å². The summed E-state index contributed by atoms with van der Waals surface area (Å²) in [5, 5.41) is 13.3. The molecule has 1 aromatic rings. The predicted molar refractivity (Wildman–Crippen MR) is 63.8 cm³/mol. The van der Waals surface area contributed by atoms with Gasteiger partial charge in [-0.3, -0.25) is 14.9 Å². The van der Waals surface area contributed by atoms with E-state index in [0.717, 1.165) is 5.75 Å². The van der Waals surface area contributed by atoms with Gasteiger partial charge >= 0.3 is 0 Å². The Labute approximate surface area is 97.4 Å². The number of hydrogen-bond acceptors (Lipinski definition) is 4. The monoisotopic (exact) mass is 240 g/mol. The number of nitro groups is 1. The summed E-state index contributed by atoms with van der Waals surface area (Å²) in [4.78, 5) is 21.7. The molecule has 1 aromatic carbocycles. The first-order chi connectivity index (χ1) is 7.54. The Kier molecular flexibility index (Phi) is 4.30. The van der Waals surface area contributed by atoms with Gasteiger partial charge in [-0.25, -0.2) is 0 Å². The van der Waals surface area contributed by atoms with Gasteiger partial charge in [-0.05, 0) is 17.9 Å². The van der Waals surface area contributed by atoms with Crippen LogP contribution in [0.1, 0.15) is 13.8 Å². The van der Waals surface area contributed by atoms with Gasteiger partial charge < -0.3 is 5.32 Å². The predicted octanol–water partition coefficient (Wildman–Crippen LogP) is 2.67. The maximum atomic E-state index is 10.8. The van der Waals surface area contributed by atoms with E-state index in [9.17, 15) is 14.9 Å². The summed E-state index contributed by atoms with van der Waals surface area (Å²) in [7, 11) is 0. The number of nitrogens with zero attached hydrogens (tertiary/aromatic N) is 1. The van der Waals surface area contributed by atoms with E-state index in [4.69, 9.17) is 0 Å². The molecule has 0 spiro atoms. The number of rotatable bonds is 4. The third kappa shape index (κ3) is 3.23. The molecule has 0 atom stereocenters. The minimum atomic E-state index is -0.421. The smallest absolute Gasteiger partial charge is 0.283 e. The third-order valence-corrected chi connectivity index (χ3v) is 2.70. The first-order valence-electron chi connectivity index (χ1n) is 4.73. The molecule has 16 heavy (non-hydrogen) atoms. The molecular weight excluding hydrogens is 228 g/mol. The van der Waals surface area contributed by atoms with E-state index in [-0.39, 0.29) is 11.6 Å². The quantitative estimate of drug-likeness (QED) is 0.499. The Balaban J connectivity index is 3.06. The summed E-state index contributed by atoms with van der Waals surface area (Å²) in [6, 6.07) is 4.55. The lowest BCUT2D eigenvalue weighted by Gasteiger charge is -2.05. The molecule has 6 heteroatoms. The largest absolute Gasteiger partial charge is 0.326 e. The van der Waals surface area contributed by atoms with Crippen LogP contribution >= 0.6 is 11.8 Å². The van der Waals surface area contributed by atoms with E-state index in [2.05, 4.69) is 5.32 Å². The minimum Gasteiger partial charge on any atom is -0.326 e. The van der Waals surface area contributed by atoms with Crippen molar-refractivity contribution in [1.82, 2.24) is 0 Å². The molecular formula is C10H12N2O3S. The van der Waals surface area contributed by atoms with Crippen LogP contribution in [0.25, 0.3) is 0 Å². The molecule has 1 amide bonds. The van der Waals surface area contributed by atoms with Crippen molar-refractivity contribution in [3.63, 3.8) is 0 Å². The number of carbonyl (C=O) groups is 1. The van der Waals surface area contributed by atoms with Gasteiger partial charge in [-0.2, -0.15) is 0 Å². The van der Waals surface area contributed by atoms with Crippen molar-refractivity contribution in [2.75, 3.05) is 11.1 Å². The normalized spacial score (nSPS) is 9.88. The fourth-order valence-electron chi connectivity index (χ4n) is 1.22. The Bertz CT molecular complexity index is 421. The average molecular weight is 240 g/mol. The number of nitro benzene ring substituents is 1. The molecule has 86 valence electrons. The van der Waals surface area contributed by atoms with Crippen molar-refractivity contribution < 1.29 is 9.72 Å². The summed E-state index contributed by atoms with van der Waals surface area (Å²) >= 11 is 1.38. The molecule has 5 nitrogen and oxygen atoms in total. The molecule has 0 aromatic heterocycles. The van der Waals surface area contributed by atoms with Gasteiger partial charge in [0.2, 0.25) is 5.91 Å². The van der Waals surface area contributed by atoms with E-state index in [0.29, 0.717) is 10.6 Å². The highest BCUT2D eigenvalue weighted by molar-refractivity contribution is 7.99. The Hall–Kier alpha value is -1.56. The van der Waals surface area contributed by atoms with Crippen molar-refractivity contribution in [1.29, 1.82) is 0 Å². The van der Waals surface area contributed by atoms with Gasteiger partial charge in [0.1, 0.15) is 0 Å². The molecule has 0 bridgehead atoms. The maximum Gasteiger partial charge on any atom is 0.283 e. The summed E-state index contributed by atoms with van der Waals surface area (Å²) < 4.78 is 0. The van der Waals surface area contributed by atoms with Crippen LogP contribution in [0.4, 0.5) is 11.4 Å². The number of carbonyl (C=O) groups excluding carboxylic acids is 1. The zero-order chi connectivity index (χ0) is 12.1.